The van der Waals surface area contributed by atoms with E-state index in [0.29, 0.717) is 5.92 Å². The number of hydrogen-bond acceptors (Lipinski definition) is 3. The van der Waals surface area contributed by atoms with Gasteiger partial charge >= 0.3 is 6.95 Å². The Bertz CT molecular complexity index is 246. The first-order chi connectivity index (χ1) is 6.08. The van der Waals surface area contributed by atoms with E-state index in [1.807, 2.05) is 6.92 Å². The van der Waals surface area contributed by atoms with Gasteiger partial charge in [0.05, 0.1) is 12.2 Å². The van der Waals surface area contributed by atoms with E-state index in [2.05, 4.69) is 0 Å². The molecule has 76 valence electrons. The van der Waals surface area contributed by atoms with E-state index >= 15 is 0 Å². The molecule has 0 aromatic heterocycles. The van der Waals surface area contributed by atoms with Crippen molar-refractivity contribution in [1.82, 2.24) is 0 Å². The highest BCUT2D eigenvalue weighted by Gasteiger charge is 2.43. The van der Waals surface area contributed by atoms with Crippen LogP contribution in [0.2, 0.25) is 0 Å². The standard InChI is InChI=1S/C8H14ClO3P/c1-6-7-4-2-3-5-8(7)12-13(9,10)11-6/h6-8H,2-5H2,1H3. The van der Waals surface area contributed by atoms with E-state index in [9.17, 15) is 4.57 Å². The zero-order valence-electron chi connectivity index (χ0n) is 7.61. The largest absolute Gasteiger partial charge is 0.424 e. The normalized spacial score (nSPS) is 51.4. The smallest absolute Gasteiger partial charge is 0.293 e. The van der Waals surface area contributed by atoms with Gasteiger partial charge in [-0.2, -0.15) is 0 Å². The maximum Gasteiger partial charge on any atom is 0.424 e. The molecule has 1 saturated heterocycles. The van der Waals surface area contributed by atoms with Gasteiger partial charge in [-0.05, 0) is 19.8 Å². The van der Waals surface area contributed by atoms with Crippen LogP contribution in [-0.2, 0) is 13.6 Å². The summed E-state index contributed by atoms with van der Waals surface area (Å²) < 4.78 is 21.8. The molecule has 3 nitrogen and oxygen atoms in total. The fourth-order valence-corrected chi connectivity index (χ4v) is 4.13. The Balaban J connectivity index is 2.12. The summed E-state index contributed by atoms with van der Waals surface area (Å²) >= 11 is 5.60. The maximum absolute atomic E-state index is 11.4. The first-order valence-electron chi connectivity index (χ1n) is 4.75. The van der Waals surface area contributed by atoms with Gasteiger partial charge in [0.15, 0.2) is 0 Å². The zero-order chi connectivity index (χ0) is 9.47. The van der Waals surface area contributed by atoms with Crippen LogP contribution >= 0.6 is 18.2 Å². The van der Waals surface area contributed by atoms with Gasteiger partial charge in [-0.15, -0.1) is 0 Å². The summed E-state index contributed by atoms with van der Waals surface area (Å²) in [4.78, 5) is 0. The second-order valence-corrected chi connectivity index (χ2v) is 6.36. The van der Waals surface area contributed by atoms with Crippen LogP contribution in [0, 0.1) is 5.92 Å². The number of hydrogen-bond donors (Lipinski definition) is 0. The van der Waals surface area contributed by atoms with Gasteiger partial charge in [-0.25, -0.2) is 4.57 Å². The average molecular weight is 225 g/mol. The van der Waals surface area contributed by atoms with E-state index in [1.165, 1.54) is 6.42 Å². The summed E-state index contributed by atoms with van der Waals surface area (Å²) in [6, 6.07) is 0. The van der Waals surface area contributed by atoms with Crippen molar-refractivity contribution >= 4 is 18.2 Å². The second kappa shape index (κ2) is 3.54. The van der Waals surface area contributed by atoms with Crippen molar-refractivity contribution in [2.45, 2.75) is 44.8 Å². The summed E-state index contributed by atoms with van der Waals surface area (Å²) in [5.41, 5.74) is 0. The van der Waals surface area contributed by atoms with Crippen LogP contribution in [0.3, 0.4) is 0 Å². The van der Waals surface area contributed by atoms with Crippen molar-refractivity contribution in [2.75, 3.05) is 0 Å². The Morgan fingerprint density at radius 2 is 2.00 bits per heavy atom. The van der Waals surface area contributed by atoms with Gasteiger partial charge in [0.2, 0.25) is 0 Å². The Morgan fingerprint density at radius 3 is 2.77 bits per heavy atom. The van der Waals surface area contributed by atoms with E-state index < -0.39 is 6.95 Å². The molecule has 1 aliphatic heterocycles. The predicted molar refractivity (Wildman–Crippen MR) is 50.8 cm³/mol. The highest BCUT2D eigenvalue weighted by atomic mass is 35.7. The van der Waals surface area contributed by atoms with Gasteiger partial charge < -0.3 is 0 Å². The Morgan fingerprint density at radius 1 is 1.31 bits per heavy atom. The average Bonchev–Trinajstić information content (AvgIpc) is 2.02. The molecule has 2 rings (SSSR count). The van der Waals surface area contributed by atoms with Crippen molar-refractivity contribution in [2.24, 2.45) is 5.92 Å². The van der Waals surface area contributed by atoms with Crippen LogP contribution in [0.25, 0.3) is 0 Å². The third-order valence-electron chi connectivity index (χ3n) is 2.91. The van der Waals surface area contributed by atoms with Crippen LogP contribution < -0.4 is 0 Å². The molecule has 5 heteroatoms. The van der Waals surface area contributed by atoms with Gasteiger partial charge in [-0.1, -0.05) is 12.8 Å². The minimum Gasteiger partial charge on any atom is -0.293 e. The summed E-state index contributed by atoms with van der Waals surface area (Å²) in [5, 5.41) is 0. The minimum absolute atomic E-state index is 0.0256. The number of rotatable bonds is 0. The Hall–Kier alpha value is 0.440. The van der Waals surface area contributed by atoms with Crippen LogP contribution in [0.1, 0.15) is 32.6 Å². The van der Waals surface area contributed by atoms with Gasteiger partial charge in [0.25, 0.3) is 0 Å². The summed E-state index contributed by atoms with van der Waals surface area (Å²) in [5.74, 6) is 0.384. The molecule has 0 N–H and O–H groups in total. The zero-order valence-corrected chi connectivity index (χ0v) is 9.26. The molecule has 4 atom stereocenters. The van der Waals surface area contributed by atoms with E-state index in [-0.39, 0.29) is 12.2 Å². The topological polar surface area (TPSA) is 35.5 Å². The van der Waals surface area contributed by atoms with Gasteiger partial charge in [0.1, 0.15) is 0 Å². The van der Waals surface area contributed by atoms with Crippen LogP contribution in [0.4, 0.5) is 0 Å². The Kier molecular flexibility index (Phi) is 2.72. The molecule has 2 aliphatic rings. The second-order valence-electron chi connectivity index (χ2n) is 3.83. The summed E-state index contributed by atoms with van der Waals surface area (Å²) in [6.07, 6.45) is 4.45. The van der Waals surface area contributed by atoms with Crippen molar-refractivity contribution in [3.63, 3.8) is 0 Å². The summed E-state index contributed by atoms with van der Waals surface area (Å²) in [7, 11) is 0. The van der Waals surface area contributed by atoms with Crippen molar-refractivity contribution in [3.05, 3.63) is 0 Å². The predicted octanol–water partition coefficient (Wildman–Crippen LogP) is 3.33. The molecule has 0 aromatic carbocycles. The van der Waals surface area contributed by atoms with Gasteiger partial charge in [0, 0.05) is 17.2 Å². The first kappa shape index (κ1) is 9.97. The van der Waals surface area contributed by atoms with Crippen LogP contribution in [0.15, 0.2) is 0 Å². The molecule has 0 radical (unpaired) electrons. The molecule has 0 aromatic rings. The SMILES string of the molecule is CC1OP(=O)(Cl)OC2CCCCC12. The molecule has 0 spiro atoms. The molecule has 1 heterocycles. The number of fused-ring (bicyclic) bond motifs is 1. The molecule has 13 heavy (non-hydrogen) atoms. The lowest BCUT2D eigenvalue weighted by atomic mass is 9.83. The maximum atomic E-state index is 11.4. The van der Waals surface area contributed by atoms with Crippen molar-refractivity contribution in [3.8, 4) is 0 Å². The van der Waals surface area contributed by atoms with E-state index in [0.717, 1.165) is 19.3 Å². The molecule has 1 saturated carbocycles. The van der Waals surface area contributed by atoms with Crippen LogP contribution in [-0.4, -0.2) is 12.2 Å². The van der Waals surface area contributed by atoms with E-state index in [4.69, 9.17) is 20.3 Å². The lowest BCUT2D eigenvalue weighted by Gasteiger charge is -2.40. The molecular weight excluding hydrogens is 211 g/mol. The molecule has 4 unspecified atom stereocenters. The first-order valence-corrected chi connectivity index (χ1v) is 7.20. The third-order valence-corrected chi connectivity index (χ3v) is 4.50. The Labute approximate surface area is 83.1 Å². The lowest BCUT2D eigenvalue weighted by molar-refractivity contribution is -0.0318. The number of halogens is 1. The molecule has 2 fully saturated rings. The molecule has 0 amide bonds. The van der Waals surface area contributed by atoms with Crippen molar-refractivity contribution in [1.29, 1.82) is 0 Å². The summed E-state index contributed by atoms with van der Waals surface area (Å²) in [6.45, 7) is -1.33. The fourth-order valence-electron chi connectivity index (χ4n) is 2.26. The monoisotopic (exact) mass is 224 g/mol. The molecular formula is C8H14ClO3P. The van der Waals surface area contributed by atoms with Gasteiger partial charge in [-0.3, -0.25) is 9.05 Å². The third kappa shape index (κ3) is 2.10. The minimum atomic E-state index is -3.26. The quantitative estimate of drug-likeness (QED) is 0.592. The lowest BCUT2D eigenvalue weighted by Crippen LogP contribution is -2.38. The molecule has 0 bridgehead atoms. The fraction of sp³-hybridized carbons (Fsp3) is 1.00. The van der Waals surface area contributed by atoms with Crippen LogP contribution in [0.5, 0.6) is 0 Å². The van der Waals surface area contributed by atoms with E-state index in [1.54, 1.807) is 0 Å². The highest BCUT2D eigenvalue weighted by molar-refractivity contribution is 7.81. The van der Waals surface area contributed by atoms with Crippen molar-refractivity contribution < 1.29 is 13.6 Å². The molecule has 1 aliphatic carbocycles. The highest BCUT2D eigenvalue weighted by Crippen LogP contribution is 2.61.